The van der Waals surface area contributed by atoms with Crippen molar-refractivity contribution in [3.05, 3.63) is 18.2 Å². The lowest BCUT2D eigenvalue weighted by Crippen LogP contribution is -2.01. The molecule has 1 aromatic carbocycles. The molecule has 1 aliphatic rings. The summed E-state index contributed by atoms with van der Waals surface area (Å²) < 4.78 is 25.4. The predicted octanol–water partition coefficient (Wildman–Crippen LogP) is 1.60. The number of nitrogens with zero attached hydrogens (tertiary/aromatic N) is 2. The van der Waals surface area contributed by atoms with Gasteiger partial charge in [-0.2, -0.15) is 0 Å². The Kier molecular flexibility index (Phi) is 2.22. The average Bonchev–Trinajstić information content (AvgIpc) is 2.87. The summed E-state index contributed by atoms with van der Waals surface area (Å²) in [7, 11) is -3.28. The van der Waals surface area contributed by atoms with Gasteiger partial charge in [-0.05, 0) is 24.5 Å². The minimum absolute atomic E-state index is 0.249. The van der Waals surface area contributed by atoms with Crippen molar-refractivity contribution in [2.45, 2.75) is 24.3 Å². The summed E-state index contributed by atoms with van der Waals surface area (Å²) in [6, 6.07) is 5.54. The van der Waals surface area contributed by atoms with Gasteiger partial charge in [0.05, 0.1) is 10.4 Å². The number of aromatic nitrogens is 2. The zero-order valence-corrected chi connectivity index (χ0v) is 11.1. The summed E-state index contributed by atoms with van der Waals surface area (Å²) in [5.41, 5.74) is 7.22. The van der Waals surface area contributed by atoms with Gasteiger partial charge in [-0.15, -0.1) is 0 Å². The van der Waals surface area contributed by atoms with Crippen LogP contribution in [0.4, 0.5) is 5.95 Å². The zero-order valence-electron chi connectivity index (χ0n) is 10.3. The molecule has 2 atom stereocenters. The highest BCUT2D eigenvalue weighted by Crippen LogP contribution is 2.46. The largest absolute Gasteiger partial charge is 0.369 e. The zero-order chi connectivity index (χ0) is 13.1. The van der Waals surface area contributed by atoms with Gasteiger partial charge in [0.2, 0.25) is 5.95 Å². The fraction of sp³-hybridized carbons (Fsp3) is 0.417. The lowest BCUT2D eigenvalue weighted by molar-refractivity contribution is 0.602. The molecule has 1 aromatic heterocycles. The Labute approximate surface area is 106 Å². The van der Waals surface area contributed by atoms with Crippen molar-refractivity contribution < 1.29 is 8.42 Å². The van der Waals surface area contributed by atoms with Crippen LogP contribution in [0.25, 0.3) is 11.0 Å². The number of sulfone groups is 1. The van der Waals surface area contributed by atoms with Gasteiger partial charge >= 0.3 is 0 Å². The Hall–Kier alpha value is -1.56. The number of fused-ring (bicyclic) bond motifs is 1. The van der Waals surface area contributed by atoms with Crippen LogP contribution >= 0.6 is 0 Å². The molecule has 0 amide bonds. The SMILES string of the molecule is CC1CC1n1c(N)nc2c(S(C)(=O)=O)cccc21. The average molecular weight is 265 g/mol. The summed E-state index contributed by atoms with van der Waals surface area (Å²) in [5.74, 6) is 0.974. The van der Waals surface area contributed by atoms with E-state index in [2.05, 4.69) is 11.9 Å². The van der Waals surface area contributed by atoms with Crippen LogP contribution in [0.2, 0.25) is 0 Å². The molecule has 0 saturated heterocycles. The molecular formula is C12H15N3O2S. The highest BCUT2D eigenvalue weighted by Gasteiger charge is 2.37. The van der Waals surface area contributed by atoms with E-state index >= 15 is 0 Å². The highest BCUT2D eigenvalue weighted by molar-refractivity contribution is 7.91. The van der Waals surface area contributed by atoms with E-state index in [1.807, 2.05) is 10.6 Å². The summed E-state index contributed by atoms with van der Waals surface area (Å²) in [5, 5.41) is 0. The Morgan fingerprint density at radius 1 is 1.44 bits per heavy atom. The molecule has 2 unspecified atom stereocenters. The third kappa shape index (κ3) is 1.59. The molecule has 0 bridgehead atoms. The first kappa shape index (κ1) is 11.5. The maximum absolute atomic E-state index is 11.7. The molecule has 1 fully saturated rings. The van der Waals surface area contributed by atoms with Crippen LogP contribution in [0, 0.1) is 5.92 Å². The van der Waals surface area contributed by atoms with Crippen LogP contribution in [-0.4, -0.2) is 24.2 Å². The van der Waals surface area contributed by atoms with Crippen LogP contribution < -0.4 is 5.73 Å². The monoisotopic (exact) mass is 265 g/mol. The molecule has 0 aliphatic heterocycles. The van der Waals surface area contributed by atoms with E-state index in [0.29, 0.717) is 23.4 Å². The molecule has 96 valence electrons. The number of para-hydroxylation sites is 1. The first-order valence-corrected chi connectivity index (χ1v) is 7.75. The van der Waals surface area contributed by atoms with Crippen LogP contribution in [0.5, 0.6) is 0 Å². The molecule has 18 heavy (non-hydrogen) atoms. The van der Waals surface area contributed by atoms with Gasteiger partial charge in [-0.1, -0.05) is 13.0 Å². The lowest BCUT2D eigenvalue weighted by atomic mass is 10.3. The van der Waals surface area contributed by atoms with E-state index in [-0.39, 0.29) is 4.90 Å². The minimum atomic E-state index is -3.28. The van der Waals surface area contributed by atoms with Gasteiger partial charge in [-0.25, -0.2) is 13.4 Å². The third-order valence-electron chi connectivity index (χ3n) is 3.51. The number of anilines is 1. The minimum Gasteiger partial charge on any atom is -0.369 e. The predicted molar refractivity (Wildman–Crippen MR) is 70.1 cm³/mol. The summed E-state index contributed by atoms with van der Waals surface area (Å²) in [6.07, 6.45) is 2.26. The van der Waals surface area contributed by atoms with Crippen LogP contribution in [0.3, 0.4) is 0 Å². The van der Waals surface area contributed by atoms with Crippen molar-refractivity contribution in [3.63, 3.8) is 0 Å². The molecule has 1 saturated carbocycles. The molecule has 2 N–H and O–H groups in total. The van der Waals surface area contributed by atoms with E-state index in [1.165, 1.54) is 6.26 Å². The molecular weight excluding hydrogens is 250 g/mol. The molecule has 0 radical (unpaired) electrons. The maximum atomic E-state index is 11.7. The quantitative estimate of drug-likeness (QED) is 0.894. The highest BCUT2D eigenvalue weighted by atomic mass is 32.2. The lowest BCUT2D eigenvalue weighted by Gasteiger charge is -2.05. The van der Waals surface area contributed by atoms with Gasteiger partial charge in [0, 0.05) is 12.3 Å². The van der Waals surface area contributed by atoms with Crippen LogP contribution in [0.15, 0.2) is 23.1 Å². The molecule has 3 rings (SSSR count). The third-order valence-corrected chi connectivity index (χ3v) is 4.64. The maximum Gasteiger partial charge on any atom is 0.201 e. The molecule has 1 aliphatic carbocycles. The van der Waals surface area contributed by atoms with Gasteiger partial charge in [0.25, 0.3) is 0 Å². The van der Waals surface area contributed by atoms with Gasteiger partial charge in [0.1, 0.15) is 5.52 Å². The number of rotatable bonds is 2. The molecule has 2 aromatic rings. The fourth-order valence-electron chi connectivity index (χ4n) is 2.42. The summed E-state index contributed by atoms with van der Waals surface area (Å²) >= 11 is 0. The first-order chi connectivity index (χ1) is 8.39. The smallest absolute Gasteiger partial charge is 0.201 e. The van der Waals surface area contributed by atoms with E-state index in [0.717, 1.165) is 11.9 Å². The number of hydrogen-bond acceptors (Lipinski definition) is 4. The normalized spacial score (nSPS) is 23.4. The van der Waals surface area contributed by atoms with Crippen LogP contribution in [0.1, 0.15) is 19.4 Å². The Morgan fingerprint density at radius 2 is 2.11 bits per heavy atom. The number of benzene rings is 1. The van der Waals surface area contributed by atoms with Crippen molar-refractivity contribution in [1.82, 2.24) is 9.55 Å². The second kappa shape index (κ2) is 3.47. The Bertz CT molecular complexity index is 733. The fourth-order valence-corrected chi connectivity index (χ4v) is 3.25. The van der Waals surface area contributed by atoms with Crippen LogP contribution in [-0.2, 0) is 9.84 Å². The van der Waals surface area contributed by atoms with E-state index < -0.39 is 9.84 Å². The van der Waals surface area contributed by atoms with Crippen molar-refractivity contribution in [1.29, 1.82) is 0 Å². The van der Waals surface area contributed by atoms with Gasteiger partial charge < -0.3 is 10.3 Å². The number of imidazole rings is 1. The number of nitrogen functional groups attached to an aromatic ring is 1. The van der Waals surface area contributed by atoms with E-state index in [4.69, 9.17) is 5.73 Å². The van der Waals surface area contributed by atoms with E-state index in [1.54, 1.807) is 12.1 Å². The Morgan fingerprint density at radius 3 is 2.67 bits per heavy atom. The molecule has 0 spiro atoms. The van der Waals surface area contributed by atoms with Crippen molar-refractivity contribution >= 4 is 26.8 Å². The van der Waals surface area contributed by atoms with Gasteiger partial charge in [-0.3, -0.25) is 0 Å². The second-order valence-corrected chi connectivity index (χ2v) is 7.00. The van der Waals surface area contributed by atoms with Crippen molar-refractivity contribution in [2.75, 3.05) is 12.0 Å². The van der Waals surface area contributed by atoms with E-state index in [9.17, 15) is 8.42 Å². The second-order valence-electron chi connectivity index (χ2n) is 5.02. The molecule has 5 nitrogen and oxygen atoms in total. The summed E-state index contributed by atoms with van der Waals surface area (Å²) in [4.78, 5) is 4.49. The number of hydrogen-bond donors (Lipinski definition) is 1. The standard InChI is InChI=1S/C12H15N3O2S/c1-7-6-9(7)15-8-4-3-5-10(18(2,16)17)11(8)14-12(15)13/h3-5,7,9H,6H2,1-2H3,(H2,13,14). The summed E-state index contributed by atoms with van der Waals surface area (Å²) in [6.45, 7) is 2.15. The van der Waals surface area contributed by atoms with Gasteiger partial charge in [0.15, 0.2) is 9.84 Å². The Balaban J connectivity index is 2.32. The molecule has 1 heterocycles. The van der Waals surface area contributed by atoms with Crippen molar-refractivity contribution in [3.8, 4) is 0 Å². The first-order valence-electron chi connectivity index (χ1n) is 5.86. The molecule has 6 heteroatoms. The topological polar surface area (TPSA) is 78.0 Å². The van der Waals surface area contributed by atoms with Crippen molar-refractivity contribution in [2.24, 2.45) is 5.92 Å². The number of nitrogens with two attached hydrogens (primary N) is 1.